The summed E-state index contributed by atoms with van der Waals surface area (Å²) < 4.78 is 0. The number of nitrogens with one attached hydrogen (secondary N) is 1. The van der Waals surface area contributed by atoms with Crippen molar-refractivity contribution < 1.29 is 4.79 Å². The van der Waals surface area contributed by atoms with Crippen LogP contribution in [0, 0.1) is 0 Å². The monoisotopic (exact) mass is 249 g/mol. The molecule has 2 saturated heterocycles. The maximum Gasteiger partial charge on any atom is 0.241 e. The quantitative estimate of drug-likeness (QED) is 0.758. The zero-order chi connectivity index (χ0) is 12.5. The number of carbonyl (C=O) groups is 1. The van der Waals surface area contributed by atoms with E-state index in [2.05, 4.69) is 19.8 Å². The molecule has 0 unspecified atom stereocenters. The fraction of sp³-hybridized carbons (Fsp3) is 0.667. The van der Waals surface area contributed by atoms with Gasteiger partial charge in [-0.25, -0.2) is 4.98 Å². The molecule has 1 aromatic rings. The predicted molar refractivity (Wildman–Crippen MR) is 66.9 cm³/mol. The zero-order valence-electron chi connectivity index (χ0n) is 10.7. The standard InChI is InChI=1S/C12H19N5O/c1-15-4-6-17-7-5-16(8-10(17)12(15)18)9-11-13-2-3-14-11/h2-3,10H,4-9H2,1H3,(H,13,14)/t10-/m1/s1. The van der Waals surface area contributed by atoms with Crippen LogP contribution >= 0.6 is 0 Å². The van der Waals surface area contributed by atoms with Crippen molar-refractivity contribution in [1.82, 2.24) is 24.7 Å². The van der Waals surface area contributed by atoms with Crippen molar-refractivity contribution in [3.63, 3.8) is 0 Å². The Morgan fingerprint density at radius 1 is 1.39 bits per heavy atom. The molecule has 18 heavy (non-hydrogen) atoms. The Morgan fingerprint density at radius 2 is 2.22 bits per heavy atom. The third-order valence-electron chi connectivity index (χ3n) is 3.89. The molecule has 2 fully saturated rings. The minimum Gasteiger partial charge on any atom is -0.348 e. The molecule has 3 heterocycles. The summed E-state index contributed by atoms with van der Waals surface area (Å²) in [6.07, 6.45) is 3.61. The summed E-state index contributed by atoms with van der Waals surface area (Å²) in [5.41, 5.74) is 0. The summed E-state index contributed by atoms with van der Waals surface area (Å²) in [7, 11) is 1.89. The van der Waals surface area contributed by atoms with E-state index in [1.165, 1.54) is 0 Å². The van der Waals surface area contributed by atoms with E-state index in [0.717, 1.165) is 45.1 Å². The highest BCUT2D eigenvalue weighted by Gasteiger charge is 2.37. The number of fused-ring (bicyclic) bond motifs is 1. The van der Waals surface area contributed by atoms with Crippen molar-refractivity contribution >= 4 is 5.91 Å². The van der Waals surface area contributed by atoms with Gasteiger partial charge in [0.1, 0.15) is 11.9 Å². The van der Waals surface area contributed by atoms with Crippen molar-refractivity contribution in [1.29, 1.82) is 0 Å². The second-order valence-electron chi connectivity index (χ2n) is 5.08. The van der Waals surface area contributed by atoms with Crippen LogP contribution in [0.25, 0.3) is 0 Å². The first-order valence-electron chi connectivity index (χ1n) is 6.43. The molecule has 98 valence electrons. The molecule has 1 amide bonds. The highest BCUT2D eigenvalue weighted by Crippen LogP contribution is 2.16. The van der Waals surface area contributed by atoms with Crippen molar-refractivity contribution in [2.75, 3.05) is 39.8 Å². The summed E-state index contributed by atoms with van der Waals surface area (Å²) in [4.78, 5) is 26.0. The van der Waals surface area contributed by atoms with Crippen LogP contribution in [-0.2, 0) is 11.3 Å². The number of nitrogens with zero attached hydrogens (tertiary/aromatic N) is 4. The lowest BCUT2D eigenvalue weighted by atomic mass is 10.1. The first kappa shape index (κ1) is 11.7. The first-order chi connectivity index (χ1) is 8.74. The van der Waals surface area contributed by atoms with Gasteiger partial charge in [0.25, 0.3) is 0 Å². The lowest BCUT2D eigenvalue weighted by Crippen LogP contribution is -2.63. The summed E-state index contributed by atoms with van der Waals surface area (Å²) in [5.74, 6) is 1.23. The van der Waals surface area contributed by atoms with Gasteiger partial charge in [-0.2, -0.15) is 0 Å². The number of rotatable bonds is 2. The number of H-pyrrole nitrogens is 1. The molecule has 0 saturated carbocycles. The van der Waals surface area contributed by atoms with Crippen molar-refractivity contribution in [3.8, 4) is 0 Å². The highest BCUT2D eigenvalue weighted by molar-refractivity contribution is 5.82. The van der Waals surface area contributed by atoms with Crippen LogP contribution in [0.1, 0.15) is 5.82 Å². The number of hydrogen-bond acceptors (Lipinski definition) is 4. The van der Waals surface area contributed by atoms with E-state index in [-0.39, 0.29) is 11.9 Å². The first-order valence-corrected chi connectivity index (χ1v) is 6.43. The largest absolute Gasteiger partial charge is 0.348 e. The maximum absolute atomic E-state index is 12.1. The smallest absolute Gasteiger partial charge is 0.241 e. The minimum atomic E-state index is 0.0347. The van der Waals surface area contributed by atoms with Gasteiger partial charge in [0, 0.05) is 52.2 Å². The van der Waals surface area contributed by atoms with Gasteiger partial charge in [-0.1, -0.05) is 0 Å². The minimum absolute atomic E-state index is 0.0347. The third-order valence-corrected chi connectivity index (χ3v) is 3.89. The Kier molecular flexibility index (Phi) is 3.05. The fourth-order valence-corrected chi connectivity index (χ4v) is 2.76. The normalized spacial score (nSPS) is 26.4. The van der Waals surface area contributed by atoms with E-state index in [4.69, 9.17) is 0 Å². The fourth-order valence-electron chi connectivity index (χ4n) is 2.76. The summed E-state index contributed by atoms with van der Waals surface area (Å²) in [6.45, 7) is 5.45. The number of amides is 1. The highest BCUT2D eigenvalue weighted by atomic mass is 16.2. The van der Waals surface area contributed by atoms with Gasteiger partial charge < -0.3 is 9.88 Å². The molecule has 2 aliphatic heterocycles. The molecule has 1 atom stereocenters. The van der Waals surface area contributed by atoms with Crippen LogP contribution in [0.15, 0.2) is 12.4 Å². The van der Waals surface area contributed by atoms with Gasteiger partial charge in [-0.15, -0.1) is 0 Å². The van der Waals surface area contributed by atoms with Gasteiger partial charge >= 0.3 is 0 Å². The average molecular weight is 249 g/mol. The van der Waals surface area contributed by atoms with Gasteiger partial charge in [-0.3, -0.25) is 14.6 Å². The van der Waals surface area contributed by atoms with Crippen LogP contribution < -0.4 is 0 Å². The molecular weight excluding hydrogens is 230 g/mol. The van der Waals surface area contributed by atoms with E-state index < -0.39 is 0 Å². The molecule has 1 aromatic heterocycles. The topological polar surface area (TPSA) is 55.5 Å². The number of likely N-dealkylation sites (N-methyl/N-ethyl adjacent to an activating group) is 1. The molecule has 2 aliphatic rings. The van der Waals surface area contributed by atoms with Crippen molar-refractivity contribution in [2.45, 2.75) is 12.6 Å². The number of imidazole rings is 1. The second-order valence-corrected chi connectivity index (χ2v) is 5.08. The molecule has 1 N–H and O–H groups in total. The Balaban J connectivity index is 1.65. The molecule has 0 aromatic carbocycles. The molecule has 0 spiro atoms. The van der Waals surface area contributed by atoms with Crippen LogP contribution in [0.2, 0.25) is 0 Å². The molecule has 6 heteroatoms. The number of hydrogen-bond donors (Lipinski definition) is 1. The van der Waals surface area contributed by atoms with E-state index >= 15 is 0 Å². The van der Waals surface area contributed by atoms with Crippen LogP contribution in [0.3, 0.4) is 0 Å². The Hall–Kier alpha value is -1.40. The van der Waals surface area contributed by atoms with Gasteiger partial charge in [0.2, 0.25) is 5.91 Å². The lowest BCUT2D eigenvalue weighted by molar-refractivity contribution is -0.143. The average Bonchev–Trinajstić information content (AvgIpc) is 2.87. The van der Waals surface area contributed by atoms with E-state index in [1.54, 1.807) is 6.20 Å². The number of carbonyl (C=O) groups excluding carboxylic acids is 1. The Bertz CT molecular complexity index is 418. The molecule has 0 radical (unpaired) electrons. The molecule has 3 rings (SSSR count). The van der Waals surface area contributed by atoms with Gasteiger partial charge in [-0.05, 0) is 0 Å². The summed E-state index contributed by atoms with van der Waals surface area (Å²) in [6, 6.07) is 0.0347. The Morgan fingerprint density at radius 3 is 3.00 bits per heavy atom. The molecule has 6 nitrogen and oxygen atoms in total. The predicted octanol–water partition coefficient (Wildman–Crippen LogP) is -0.632. The zero-order valence-corrected chi connectivity index (χ0v) is 10.7. The lowest BCUT2D eigenvalue weighted by Gasteiger charge is -2.45. The number of aromatic nitrogens is 2. The molecular formula is C12H19N5O. The van der Waals surface area contributed by atoms with Crippen molar-refractivity contribution in [2.24, 2.45) is 0 Å². The van der Waals surface area contributed by atoms with E-state index in [0.29, 0.717) is 0 Å². The summed E-state index contributed by atoms with van der Waals surface area (Å²) >= 11 is 0. The van der Waals surface area contributed by atoms with Gasteiger partial charge in [0.15, 0.2) is 0 Å². The maximum atomic E-state index is 12.1. The number of aromatic amines is 1. The van der Waals surface area contributed by atoms with Crippen molar-refractivity contribution in [3.05, 3.63) is 18.2 Å². The van der Waals surface area contributed by atoms with Crippen LogP contribution in [-0.4, -0.2) is 76.4 Å². The molecule has 0 bridgehead atoms. The van der Waals surface area contributed by atoms with E-state index in [1.807, 2.05) is 18.1 Å². The number of piperazine rings is 2. The Labute approximate surface area is 107 Å². The third kappa shape index (κ3) is 2.13. The second kappa shape index (κ2) is 4.70. The van der Waals surface area contributed by atoms with Crippen LogP contribution in [0.5, 0.6) is 0 Å². The van der Waals surface area contributed by atoms with E-state index in [9.17, 15) is 4.79 Å². The van der Waals surface area contributed by atoms with Crippen LogP contribution in [0.4, 0.5) is 0 Å². The van der Waals surface area contributed by atoms with Gasteiger partial charge in [0.05, 0.1) is 6.54 Å². The molecule has 0 aliphatic carbocycles. The SMILES string of the molecule is CN1CCN2CCN(Cc3ncc[nH]3)C[C@@H]2C1=O. The summed E-state index contributed by atoms with van der Waals surface area (Å²) in [5, 5.41) is 0.